The number of aromatic nitrogens is 4. The second kappa shape index (κ2) is 13.5. The Bertz CT molecular complexity index is 2450. The Hall–Kier alpha value is -5.64. The van der Waals surface area contributed by atoms with Gasteiger partial charge >= 0.3 is 12.2 Å². The number of imidazole rings is 2. The molecule has 2 aliphatic heterocycles. The van der Waals surface area contributed by atoms with E-state index in [1.807, 2.05) is 52.6 Å². The maximum Gasteiger partial charge on any atom is 0.411 e. The van der Waals surface area contributed by atoms with Crippen LogP contribution < -0.4 is 0 Å². The number of amides is 2. The van der Waals surface area contributed by atoms with Crippen LogP contribution in [0.1, 0.15) is 97.4 Å². The van der Waals surface area contributed by atoms with Gasteiger partial charge in [-0.2, -0.15) is 0 Å². The van der Waals surface area contributed by atoms with Gasteiger partial charge in [0.2, 0.25) is 0 Å². The predicted molar refractivity (Wildman–Crippen MR) is 219 cm³/mol. The molecule has 1 aliphatic carbocycles. The fourth-order valence-corrected chi connectivity index (χ4v) is 8.96. The number of carbonyl (C=O) groups is 2. The molecule has 2 saturated heterocycles. The number of fused-ring (bicyclic) bond motifs is 4. The Balaban J connectivity index is 0.906. The summed E-state index contributed by atoms with van der Waals surface area (Å²) in [7, 11) is 0. The van der Waals surface area contributed by atoms with Crippen LogP contribution in [0.2, 0.25) is 0 Å². The van der Waals surface area contributed by atoms with E-state index < -0.39 is 11.2 Å². The number of likely N-dealkylation sites (tertiary alicyclic amines) is 2. The molecule has 2 bridgehead atoms. The summed E-state index contributed by atoms with van der Waals surface area (Å²) in [5.41, 5.74) is 7.27. The Morgan fingerprint density at radius 1 is 0.696 bits per heavy atom. The van der Waals surface area contributed by atoms with Crippen molar-refractivity contribution in [2.75, 3.05) is 6.54 Å². The summed E-state index contributed by atoms with van der Waals surface area (Å²) in [4.78, 5) is 46.6. The van der Waals surface area contributed by atoms with Crippen LogP contribution in [-0.2, 0) is 9.47 Å². The highest BCUT2D eigenvalue weighted by molar-refractivity contribution is 5.92. The van der Waals surface area contributed by atoms with Gasteiger partial charge in [0.25, 0.3) is 0 Å². The number of nitrogens with zero attached hydrogens (tertiary/aromatic N) is 4. The Morgan fingerprint density at radius 2 is 1.32 bits per heavy atom. The van der Waals surface area contributed by atoms with Crippen molar-refractivity contribution in [2.24, 2.45) is 5.92 Å². The third-order valence-corrected chi connectivity index (χ3v) is 11.5. The van der Waals surface area contributed by atoms with E-state index in [0.29, 0.717) is 12.5 Å². The Kier molecular flexibility index (Phi) is 8.71. The fraction of sp³-hybridized carbons (Fsp3) is 0.391. The summed E-state index contributed by atoms with van der Waals surface area (Å²) in [5.74, 6) is 2.03. The number of carbonyl (C=O) groups excluding carboxylic acids is 2. The minimum Gasteiger partial charge on any atom is -0.444 e. The molecule has 2 amide bonds. The zero-order chi connectivity index (χ0) is 38.9. The number of hydrogen-bond donors (Lipinski definition) is 2. The monoisotopic (exact) mass is 750 g/mol. The third-order valence-electron chi connectivity index (χ3n) is 11.5. The molecular weight excluding hydrogens is 701 g/mol. The van der Waals surface area contributed by atoms with Crippen LogP contribution in [0.25, 0.3) is 55.3 Å². The molecule has 1 saturated carbocycles. The molecule has 0 radical (unpaired) electrons. The molecule has 6 aromatic rings. The van der Waals surface area contributed by atoms with Gasteiger partial charge in [0, 0.05) is 12.6 Å². The molecule has 10 nitrogen and oxygen atoms in total. The number of ether oxygens (including phenoxy) is 2. The first-order chi connectivity index (χ1) is 26.8. The lowest BCUT2D eigenvalue weighted by Crippen LogP contribution is -2.43. The van der Waals surface area contributed by atoms with Gasteiger partial charge in [-0.05, 0) is 142 Å². The second-order valence-corrected chi connectivity index (χ2v) is 17.8. The van der Waals surface area contributed by atoms with Crippen molar-refractivity contribution in [3.05, 3.63) is 96.7 Å². The zero-order valence-electron chi connectivity index (χ0n) is 33.1. The van der Waals surface area contributed by atoms with Gasteiger partial charge < -0.3 is 19.4 Å². The summed E-state index contributed by atoms with van der Waals surface area (Å²) in [6.07, 6.45) is 6.22. The summed E-state index contributed by atoms with van der Waals surface area (Å²) >= 11 is 0. The van der Waals surface area contributed by atoms with Crippen molar-refractivity contribution >= 4 is 34.0 Å². The summed E-state index contributed by atoms with van der Waals surface area (Å²) in [6.45, 7) is 12.1. The normalized spacial score (nSPS) is 21.0. The van der Waals surface area contributed by atoms with Gasteiger partial charge in [0.05, 0.1) is 35.0 Å². The van der Waals surface area contributed by atoms with E-state index in [1.54, 1.807) is 4.90 Å². The molecule has 2 aromatic heterocycles. The molecule has 9 rings (SSSR count). The van der Waals surface area contributed by atoms with Crippen molar-refractivity contribution in [3.63, 3.8) is 0 Å². The molecule has 10 heteroatoms. The van der Waals surface area contributed by atoms with E-state index in [2.05, 4.69) is 93.8 Å². The van der Waals surface area contributed by atoms with Crippen molar-refractivity contribution in [3.8, 4) is 33.5 Å². The van der Waals surface area contributed by atoms with Gasteiger partial charge in [0.1, 0.15) is 22.9 Å². The minimum atomic E-state index is -0.544. The first kappa shape index (κ1) is 36.0. The average Bonchev–Trinajstić information content (AvgIpc) is 4.00. The Morgan fingerprint density at radius 3 is 2.04 bits per heavy atom. The number of benzene rings is 4. The topological polar surface area (TPSA) is 116 Å². The van der Waals surface area contributed by atoms with Crippen LogP contribution in [0, 0.1) is 5.92 Å². The lowest BCUT2D eigenvalue weighted by molar-refractivity contribution is 0.00616. The first-order valence-electron chi connectivity index (χ1n) is 20.0. The van der Waals surface area contributed by atoms with Crippen LogP contribution in [0.5, 0.6) is 0 Å². The van der Waals surface area contributed by atoms with Crippen molar-refractivity contribution in [2.45, 2.75) is 103 Å². The summed E-state index contributed by atoms with van der Waals surface area (Å²) < 4.78 is 11.5. The molecule has 4 aromatic carbocycles. The quantitative estimate of drug-likeness (QED) is 0.181. The van der Waals surface area contributed by atoms with Crippen LogP contribution in [0.15, 0.2) is 85.1 Å². The molecular formula is C46H50N6O4. The molecule has 4 heterocycles. The molecule has 4 atom stereocenters. The van der Waals surface area contributed by atoms with Gasteiger partial charge in [-0.3, -0.25) is 9.80 Å². The maximum absolute atomic E-state index is 13.3. The zero-order valence-corrected chi connectivity index (χ0v) is 33.1. The number of nitrogens with one attached hydrogen (secondary N) is 2. The third kappa shape index (κ3) is 6.90. The lowest BCUT2D eigenvalue weighted by atomic mass is 9.97. The number of aromatic amines is 2. The van der Waals surface area contributed by atoms with Crippen LogP contribution in [0.3, 0.4) is 0 Å². The smallest absolute Gasteiger partial charge is 0.411 e. The molecule has 0 unspecified atom stereocenters. The highest BCUT2D eigenvalue weighted by Crippen LogP contribution is 2.50. The van der Waals surface area contributed by atoms with Crippen LogP contribution in [0.4, 0.5) is 9.59 Å². The molecule has 3 aliphatic rings. The molecule has 0 spiro atoms. The van der Waals surface area contributed by atoms with E-state index >= 15 is 0 Å². The maximum atomic E-state index is 13.3. The minimum absolute atomic E-state index is 0.0934. The van der Waals surface area contributed by atoms with E-state index in [1.165, 1.54) is 10.8 Å². The summed E-state index contributed by atoms with van der Waals surface area (Å²) in [6, 6.07) is 28.1. The lowest BCUT2D eigenvalue weighted by Gasteiger charge is -2.35. The van der Waals surface area contributed by atoms with E-state index in [-0.39, 0.29) is 30.3 Å². The van der Waals surface area contributed by atoms with Gasteiger partial charge in [0.15, 0.2) is 0 Å². The van der Waals surface area contributed by atoms with Crippen molar-refractivity contribution < 1.29 is 19.1 Å². The number of rotatable bonds is 5. The van der Waals surface area contributed by atoms with E-state index in [0.717, 1.165) is 88.3 Å². The standard InChI is InChI=1S/C46H50N6O4/c1-45(2,3)55-43(53)51-21-7-8-39(51)41-47-26-38(50-41)28-11-9-27(10-12-28)29-13-14-31-23-32(16-15-30(31)22-29)33-18-20-36-37(25-33)49-42(48-36)40-34-17-19-35(24-34)52(40)44(54)56-46(4,5)6/h9-16,18,20,22-23,25-26,34-35,39-40H,7-8,17,19,21,24H2,1-6H3,(H,47,50)(H,48,49)/t34-,35-,39+,40+/m1/s1. The largest absolute Gasteiger partial charge is 0.444 e. The fourth-order valence-electron chi connectivity index (χ4n) is 8.96. The predicted octanol–water partition coefficient (Wildman–Crippen LogP) is 11.0. The number of hydrogen-bond acceptors (Lipinski definition) is 6. The molecule has 288 valence electrons. The van der Waals surface area contributed by atoms with Gasteiger partial charge in [-0.15, -0.1) is 0 Å². The van der Waals surface area contributed by atoms with Crippen molar-refractivity contribution in [1.82, 2.24) is 29.7 Å². The second-order valence-electron chi connectivity index (χ2n) is 17.8. The van der Waals surface area contributed by atoms with Crippen LogP contribution >= 0.6 is 0 Å². The highest BCUT2D eigenvalue weighted by atomic mass is 16.6. The first-order valence-corrected chi connectivity index (χ1v) is 20.0. The molecule has 56 heavy (non-hydrogen) atoms. The molecule has 3 fully saturated rings. The highest BCUT2D eigenvalue weighted by Gasteiger charge is 2.51. The van der Waals surface area contributed by atoms with Gasteiger partial charge in [-0.1, -0.05) is 54.6 Å². The van der Waals surface area contributed by atoms with Gasteiger partial charge in [-0.25, -0.2) is 19.6 Å². The Labute approximate surface area is 327 Å². The SMILES string of the molecule is CC(C)(C)OC(=O)N1CCC[C@H]1c1ncc(-c2ccc(-c3ccc4cc(-c5ccc6nc([C@@H]7[C@@H]8CC[C@H](C8)N7C(=O)OC(C)(C)C)[nH]c6c5)ccc4c3)cc2)[nH]1. The number of piperidine rings is 1. The van der Waals surface area contributed by atoms with E-state index in [9.17, 15) is 9.59 Å². The van der Waals surface area contributed by atoms with E-state index in [4.69, 9.17) is 14.5 Å². The van der Waals surface area contributed by atoms with Crippen LogP contribution in [-0.4, -0.2) is 65.7 Å². The number of H-pyrrole nitrogens is 2. The summed E-state index contributed by atoms with van der Waals surface area (Å²) in [5, 5.41) is 2.34. The van der Waals surface area contributed by atoms with Crippen molar-refractivity contribution in [1.29, 1.82) is 0 Å². The average molecular weight is 751 g/mol. The molecule has 2 N–H and O–H groups in total.